The van der Waals surface area contributed by atoms with Crippen LogP contribution in [0.25, 0.3) is 0 Å². The van der Waals surface area contributed by atoms with E-state index in [1.807, 2.05) is 30.7 Å². The van der Waals surface area contributed by atoms with Crippen LogP contribution in [0.3, 0.4) is 0 Å². The summed E-state index contributed by atoms with van der Waals surface area (Å²) in [7, 11) is 0. The Morgan fingerprint density at radius 1 is 1.47 bits per heavy atom. The number of hydrogen-bond acceptors (Lipinski definition) is 3. The highest BCUT2D eigenvalue weighted by Crippen LogP contribution is 2.08. The summed E-state index contributed by atoms with van der Waals surface area (Å²) >= 11 is 5.14. The van der Waals surface area contributed by atoms with Gasteiger partial charge >= 0.3 is 0 Å². The molecular weight excluding hydrogens is 208 g/mol. The highest BCUT2D eigenvalue weighted by Gasteiger charge is 2.03. The highest BCUT2D eigenvalue weighted by molar-refractivity contribution is 7.71. The maximum atomic E-state index is 5.14. The Balaban J connectivity index is 2.38. The van der Waals surface area contributed by atoms with Crippen molar-refractivity contribution in [2.24, 2.45) is 0 Å². The molecule has 0 amide bonds. The standard InChI is InChI=1S/C10H12N4S/c1-7-5-11-4-3-9(7)6-14-8(2)12-13-10(14)15/h3-5H,6H2,1-2H3,(H,13,15). The van der Waals surface area contributed by atoms with Gasteiger partial charge in [-0.2, -0.15) is 5.10 Å². The summed E-state index contributed by atoms with van der Waals surface area (Å²) in [5.41, 5.74) is 2.38. The van der Waals surface area contributed by atoms with Gasteiger partial charge in [0.25, 0.3) is 0 Å². The van der Waals surface area contributed by atoms with Crippen LogP contribution in [0.4, 0.5) is 0 Å². The van der Waals surface area contributed by atoms with Gasteiger partial charge < -0.3 is 0 Å². The maximum Gasteiger partial charge on any atom is 0.195 e. The molecule has 78 valence electrons. The predicted octanol–water partition coefficient (Wildman–Crippen LogP) is 2.00. The smallest absolute Gasteiger partial charge is 0.195 e. The van der Waals surface area contributed by atoms with Gasteiger partial charge in [0.05, 0.1) is 6.54 Å². The molecule has 0 fully saturated rings. The third kappa shape index (κ3) is 1.97. The van der Waals surface area contributed by atoms with Crippen LogP contribution in [0.2, 0.25) is 0 Å². The molecule has 2 rings (SSSR count). The first-order valence-corrected chi connectivity index (χ1v) is 5.10. The van der Waals surface area contributed by atoms with Crippen molar-refractivity contribution in [1.82, 2.24) is 19.7 Å². The molecule has 5 heteroatoms. The van der Waals surface area contributed by atoms with Crippen molar-refractivity contribution in [3.05, 3.63) is 40.2 Å². The number of H-pyrrole nitrogens is 1. The first-order valence-electron chi connectivity index (χ1n) is 4.70. The van der Waals surface area contributed by atoms with Gasteiger partial charge in [-0.3, -0.25) is 14.6 Å². The molecule has 0 aliphatic heterocycles. The van der Waals surface area contributed by atoms with Crippen molar-refractivity contribution < 1.29 is 0 Å². The Hall–Kier alpha value is -1.49. The third-order valence-corrected chi connectivity index (χ3v) is 2.73. The van der Waals surface area contributed by atoms with Crippen LogP contribution in [-0.4, -0.2) is 19.7 Å². The second-order valence-electron chi connectivity index (χ2n) is 3.46. The lowest BCUT2D eigenvalue weighted by atomic mass is 10.1. The molecule has 0 spiro atoms. The molecule has 4 nitrogen and oxygen atoms in total. The van der Waals surface area contributed by atoms with Crippen molar-refractivity contribution >= 4 is 12.2 Å². The van der Waals surface area contributed by atoms with E-state index in [1.165, 1.54) is 11.1 Å². The minimum Gasteiger partial charge on any atom is -0.300 e. The first-order chi connectivity index (χ1) is 7.18. The Labute approximate surface area is 93.0 Å². The Morgan fingerprint density at radius 2 is 2.27 bits per heavy atom. The third-order valence-electron chi connectivity index (χ3n) is 2.41. The number of pyridine rings is 1. The molecule has 2 heterocycles. The Kier molecular flexibility index (Phi) is 2.64. The zero-order valence-electron chi connectivity index (χ0n) is 8.69. The largest absolute Gasteiger partial charge is 0.300 e. The Morgan fingerprint density at radius 3 is 2.87 bits per heavy atom. The van der Waals surface area contributed by atoms with E-state index in [2.05, 4.69) is 15.2 Å². The fourth-order valence-electron chi connectivity index (χ4n) is 1.43. The minimum absolute atomic E-state index is 0.656. The normalized spacial score (nSPS) is 10.5. The van der Waals surface area contributed by atoms with Gasteiger partial charge in [-0.05, 0) is 43.3 Å². The fraction of sp³-hybridized carbons (Fsp3) is 0.300. The first kappa shape index (κ1) is 10.0. The van der Waals surface area contributed by atoms with E-state index in [1.54, 1.807) is 6.20 Å². The van der Waals surface area contributed by atoms with Crippen LogP contribution in [0.1, 0.15) is 17.0 Å². The van der Waals surface area contributed by atoms with Crippen LogP contribution >= 0.6 is 12.2 Å². The summed E-state index contributed by atoms with van der Waals surface area (Å²) in [5, 5.41) is 6.85. The van der Waals surface area contributed by atoms with Crippen molar-refractivity contribution in [3.8, 4) is 0 Å². The van der Waals surface area contributed by atoms with Gasteiger partial charge in [-0.1, -0.05) is 0 Å². The topological polar surface area (TPSA) is 46.5 Å². The summed E-state index contributed by atoms with van der Waals surface area (Å²) < 4.78 is 2.63. The summed E-state index contributed by atoms with van der Waals surface area (Å²) in [6.45, 7) is 4.72. The Bertz CT molecular complexity index is 526. The number of aryl methyl sites for hydroxylation is 2. The van der Waals surface area contributed by atoms with Gasteiger partial charge in [0.2, 0.25) is 0 Å². The second kappa shape index (κ2) is 3.94. The van der Waals surface area contributed by atoms with Gasteiger partial charge in [0, 0.05) is 12.4 Å². The molecule has 0 aliphatic rings. The van der Waals surface area contributed by atoms with Crippen molar-refractivity contribution in [2.75, 3.05) is 0 Å². The lowest BCUT2D eigenvalue weighted by molar-refractivity contribution is 0.746. The molecule has 0 radical (unpaired) electrons. The molecule has 0 bridgehead atoms. The van der Waals surface area contributed by atoms with Crippen LogP contribution in [0, 0.1) is 18.6 Å². The summed E-state index contributed by atoms with van der Waals surface area (Å²) in [6, 6.07) is 2.00. The summed E-state index contributed by atoms with van der Waals surface area (Å²) in [4.78, 5) is 4.06. The highest BCUT2D eigenvalue weighted by atomic mass is 32.1. The molecule has 1 N–H and O–H groups in total. The number of nitrogens with one attached hydrogen (secondary N) is 1. The monoisotopic (exact) mass is 220 g/mol. The van der Waals surface area contributed by atoms with E-state index >= 15 is 0 Å². The van der Waals surface area contributed by atoms with E-state index in [4.69, 9.17) is 12.2 Å². The van der Waals surface area contributed by atoms with E-state index in [0.717, 1.165) is 12.4 Å². The maximum absolute atomic E-state index is 5.14. The number of aromatic nitrogens is 4. The van der Waals surface area contributed by atoms with Crippen molar-refractivity contribution in [1.29, 1.82) is 0 Å². The quantitative estimate of drug-likeness (QED) is 0.787. The fourth-order valence-corrected chi connectivity index (χ4v) is 1.67. The zero-order chi connectivity index (χ0) is 10.8. The van der Waals surface area contributed by atoms with Crippen LogP contribution in [0.5, 0.6) is 0 Å². The molecule has 0 aromatic carbocycles. The van der Waals surface area contributed by atoms with E-state index < -0.39 is 0 Å². The van der Waals surface area contributed by atoms with Gasteiger partial charge in [-0.25, -0.2) is 0 Å². The second-order valence-corrected chi connectivity index (χ2v) is 3.85. The predicted molar refractivity (Wildman–Crippen MR) is 60.2 cm³/mol. The number of rotatable bonds is 2. The van der Waals surface area contributed by atoms with Gasteiger partial charge in [-0.15, -0.1) is 0 Å². The zero-order valence-corrected chi connectivity index (χ0v) is 9.51. The van der Waals surface area contributed by atoms with Crippen LogP contribution < -0.4 is 0 Å². The molecule has 0 unspecified atom stereocenters. The molecule has 0 saturated heterocycles. The summed E-state index contributed by atoms with van der Waals surface area (Å²) in [6.07, 6.45) is 3.65. The van der Waals surface area contributed by atoms with Gasteiger partial charge in [0.1, 0.15) is 5.82 Å². The number of aromatic amines is 1. The molecule has 2 aromatic heterocycles. The average molecular weight is 220 g/mol. The minimum atomic E-state index is 0.656. The van der Waals surface area contributed by atoms with E-state index in [9.17, 15) is 0 Å². The number of nitrogens with zero attached hydrogens (tertiary/aromatic N) is 3. The lowest BCUT2D eigenvalue weighted by Gasteiger charge is -2.06. The molecule has 0 saturated carbocycles. The van der Waals surface area contributed by atoms with Crippen LogP contribution in [0.15, 0.2) is 18.5 Å². The molecule has 0 atom stereocenters. The van der Waals surface area contributed by atoms with Crippen molar-refractivity contribution in [2.45, 2.75) is 20.4 Å². The lowest BCUT2D eigenvalue weighted by Crippen LogP contribution is -2.03. The SMILES string of the molecule is Cc1cnccc1Cn1c(C)n[nH]c1=S. The number of hydrogen-bond donors (Lipinski definition) is 1. The van der Waals surface area contributed by atoms with Crippen molar-refractivity contribution in [3.63, 3.8) is 0 Å². The van der Waals surface area contributed by atoms with E-state index in [0.29, 0.717) is 4.77 Å². The van der Waals surface area contributed by atoms with E-state index in [-0.39, 0.29) is 0 Å². The van der Waals surface area contributed by atoms with Crippen LogP contribution in [-0.2, 0) is 6.54 Å². The van der Waals surface area contributed by atoms with Gasteiger partial charge in [0.15, 0.2) is 4.77 Å². The summed E-state index contributed by atoms with van der Waals surface area (Å²) in [5.74, 6) is 0.899. The molecule has 2 aromatic rings. The molecule has 15 heavy (non-hydrogen) atoms. The molecular formula is C10H12N4S. The average Bonchev–Trinajstić information content (AvgIpc) is 2.53. The molecule has 0 aliphatic carbocycles.